The maximum absolute atomic E-state index is 5.95. The lowest BCUT2D eigenvalue weighted by Crippen LogP contribution is -1.78. The number of hydrogen-bond donors (Lipinski definition) is 0. The fraction of sp³-hybridized carbons (Fsp3) is 0.500. The summed E-state index contributed by atoms with van der Waals surface area (Å²) in [5, 5.41) is 1.21. The van der Waals surface area contributed by atoms with Gasteiger partial charge in [0.1, 0.15) is 0 Å². The van der Waals surface area contributed by atoms with Gasteiger partial charge >= 0.3 is 0 Å². The highest BCUT2D eigenvalue weighted by Crippen LogP contribution is 2.14. The molecule has 0 heterocycles. The molecule has 0 atom stereocenters. The van der Waals surface area contributed by atoms with Crippen LogP contribution in [0.2, 0.25) is 0 Å². The first-order chi connectivity index (χ1) is 6.52. The molecule has 0 fully saturated rings. The Morgan fingerprint density at radius 2 is 1.14 bits per heavy atom. The molecule has 2 heteroatoms. The molecule has 0 rings (SSSR count). The molecule has 0 bridgehead atoms. The van der Waals surface area contributed by atoms with Crippen LogP contribution < -0.4 is 0 Å². The normalized spacial score (nSPS) is 13.9. The van der Waals surface area contributed by atoms with E-state index in [9.17, 15) is 0 Å². The Balaban J connectivity index is 4.77. The summed E-state index contributed by atoms with van der Waals surface area (Å²) in [6.07, 6.45) is 1.84. The quantitative estimate of drug-likeness (QED) is 0.597. The fourth-order valence-electron chi connectivity index (χ4n) is 0.634. The first-order valence-electron chi connectivity index (χ1n) is 4.75. The highest BCUT2D eigenvalue weighted by molar-refractivity contribution is 6.34. The van der Waals surface area contributed by atoms with Gasteiger partial charge < -0.3 is 0 Å². The lowest BCUT2D eigenvalue weighted by Gasteiger charge is -1.95. The molecule has 0 aromatic heterocycles. The van der Waals surface area contributed by atoms with Crippen molar-refractivity contribution in [2.24, 2.45) is 0 Å². The van der Waals surface area contributed by atoms with Gasteiger partial charge in [-0.1, -0.05) is 37.0 Å². The second-order valence-electron chi connectivity index (χ2n) is 3.15. The van der Waals surface area contributed by atoms with Gasteiger partial charge in [-0.05, 0) is 49.7 Å². The number of rotatable bonds is 2. The third-order valence-electron chi connectivity index (χ3n) is 2.09. The molecular formula is C12H16Cl2. The molecule has 0 aromatic carbocycles. The average molecular weight is 231 g/mol. The van der Waals surface area contributed by atoms with E-state index in [-0.39, 0.29) is 0 Å². The Kier molecular flexibility index (Phi) is 6.79. The van der Waals surface area contributed by atoms with Crippen molar-refractivity contribution < 1.29 is 0 Å². The molecule has 0 nitrogen and oxygen atoms in total. The van der Waals surface area contributed by atoms with Crippen molar-refractivity contribution in [2.75, 3.05) is 0 Å². The molecule has 0 spiro atoms. The van der Waals surface area contributed by atoms with Gasteiger partial charge in [-0.15, -0.1) is 0 Å². The SMILES string of the molecule is CC/C(C)=C(\Cl)C#C/C(Cl)=C(/C)CC. The minimum Gasteiger partial charge on any atom is -0.0745 e. The fourth-order valence-corrected chi connectivity index (χ4v) is 0.995. The molecule has 0 aromatic rings. The Labute approximate surface area is 97.0 Å². The van der Waals surface area contributed by atoms with Crippen LogP contribution in [0.3, 0.4) is 0 Å². The molecule has 0 amide bonds. The third-order valence-corrected chi connectivity index (χ3v) is 2.93. The highest BCUT2D eigenvalue weighted by Gasteiger charge is 1.94. The molecule has 0 saturated carbocycles. The van der Waals surface area contributed by atoms with E-state index in [0.717, 1.165) is 24.0 Å². The summed E-state index contributed by atoms with van der Waals surface area (Å²) < 4.78 is 0. The monoisotopic (exact) mass is 230 g/mol. The Morgan fingerprint density at radius 1 is 0.857 bits per heavy atom. The predicted octanol–water partition coefficient (Wildman–Crippen LogP) is 4.84. The summed E-state index contributed by atoms with van der Waals surface area (Å²) in [6, 6.07) is 0. The zero-order valence-electron chi connectivity index (χ0n) is 9.17. The van der Waals surface area contributed by atoms with Crippen LogP contribution in [0.5, 0.6) is 0 Å². The van der Waals surface area contributed by atoms with Crippen molar-refractivity contribution in [2.45, 2.75) is 40.5 Å². The molecule has 0 aliphatic rings. The Bertz CT molecular complexity index is 281. The van der Waals surface area contributed by atoms with Gasteiger partial charge in [0.15, 0.2) is 0 Å². The molecule has 0 N–H and O–H groups in total. The zero-order chi connectivity index (χ0) is 11.1. The second-order valence-corrected chi connectivity index (χ2v) is 3.90. The largest absolute Gasteiger partial charge is 0.0897 e. The van der Waals surface area contributed by atoms with Gasteiger partial charge in [0.05, 0.1) is 10.1 Å². The van der Waals surface area contributed by atoms with E-state index < -0.39 is 0 Å². The zero-order valence-corrected chi connectivity index (χ0v) is 10.7. The third kappa shape index (κ3) is 4.74. The summed E-state index contributed by atoms with van der Waals surface area (Å²) >= 11 is 11.9. The molecule has 0 aliphatic heterocycles. The first kappa shape index (κ1) is 13.6. The second kappa shape index (κ2) is 6.98. The van der Waals surface area contributed by atoms with Gasteiger partial charge in [0.25, 0.3) is 0 Å². The highest BCUT2D eigenvalue weighted by atomic mass is 35.5. The molecule has 0 saturated heterocycles. The van der Waals surface area contributed by atoms with Crippen molar-refractivity contribution >= 4 is 23.2 Å². The average Bonchev–Trinajstić information content (AvgIpc) is 2.22. The van der Waals surface area contributed by atoms with Crippen LogP contribution in [-0.4, -0.2) is 0 Å². The first-order valence-corrected chi connectivity index (χ1v) is 5.51. The number of allylic oxidation sites excluding steroid dienone is 4. The van der Waals surface area contributed by atoms with Crippen molar-refractivity contribution in [1.29, 1.82) is 0 Å². The molecule has 0 unspecified atom stereocenters. The molecule has 0 aliphatic carbocycles. The topological polar surface area (TPSA) is 0 Å². The summed E-state index contributed by atoms with van der Waals surface area (Å²) in [4.78, 5) is 0. The summed E-state index contributed by atoms with van der Waals surface area (Å²) in [5.41, 5.74) is 2.19. The Hall–Kier alpha value is -0.380. The van der Waals surface area contributed by atoms with Gasteiger partial charge in [0, 0.05) is 0 Å². The summed E-state index contributed by atoms with van der Waals surface area (Å²) in [7, 11) is 0. The van der Waals surface area contributed by atoms with E-state index in [1.165, 1.54) is 0 Å². The Morgan fingerprint density at radius 3 is 1.36 bits per heavy atom. The maximum atomic E-state index is 5.95. The van der Waals surface area contributed by atoms with Gasteiger partial charge in [-0.2, -0.15) is 0 Å². The van der Waals surface area contributed by atoms with Crippen molar-refractivity contribution in [3.05, 3.63) is 21.2 Å². The standard InChI is InChI=1S/C12H16Cl2/c1-5-9(3)11(13)7-8-12(14)10(4)6-2/h5-6H2,1-4H3/b11-9-,12-10+. The van der Waals surface area contributed by atoms with Crippen molar-refractivity contribution in [1.82, 2.24) is 0 Å². The lowest BCUT2D eigenvalue weighted by molar-refractivity contribution is 1.09. The maximum Gasteiger partial charge on any atom is 0.0897 e. The van der Waals surface area contributed by atoms with E-state index in [4.69, 9.17) is 23.2 Å². The van der Waals surface area contributed by atoms with E-state index >= 15 is 0 Å². The van der Waals surface area contributed by atoms with Gasteiger partial charge in [-0.3, -0.25) is 0 Å². The van der Waals surface area contributed by atoms with E-state index in [2.05, 4.69) is 11.8 Å². The van der Waals surface area contributed by atoms with E-state index in [1.54, 1.807) is 0 Å². The van der Waals surface area contributed by atoms with E-state index in [0.29, 0.717) is 10.1 Å². The van der Waals surface area contributed by atoms with Crippen LogP contribution >= 0.6 is 23.2 Å². The van der Waals surface area contributed by atoms with Crippen LogP contribution in [0.25, 0.3) is 0 Å². The van der Waals surface area contributed by atoms with Crippen LogP contribution in [0.4, 0.5) is 0 Å². The molecular weight excluding hydrogens is 215 g/mol. The van der Waals surface area contributed by atoms with Crippen LogP contribution in [0.15, 0.2) is 21.2 Å². The van der Waals surface area contributed by atoms with Crippen LogP contribution in [0.1, 0.15) is 40.5 Å². The summed E-state index contributed by atoms with van der Waals surface area (Å²) in [5.74, 6) is 5.71. The molecule has 0 radical (unpaired) electrons. The number of hydrogen-bond acceptors (Lipinski definition) is 0. The van der Waals surface area contributed by atoms with E-state index in [1.807, 2.05) is 27.7 Å². The predicted molar refractivity (Wildman–Crippen MR) is 65.5 cm³/mol. The minimum absolute atomic E-state index is 0.606. The van der Waals surface area contributed by atoms with Crippen molar-refractivity contribution in [3.63, 3.8) is 0 Å². The minimum atomic E-state index is 0.606. The van der Waals surface area contributed by atoms with Crippen molar-refractivity contribution in [3.8, 4) is 11.8 Å². The number of halogens is 2. The molecule has 78 valence electrons. The smallest absolute Gasteiger partial charge is 0.0745 e. The van der Waals surface area contributed by atoms with Gasteiger partial charge in [-0.25, -0.2) is 0 Å². The van der Waals surface area contributed by atoms with Crippen LogP contribution in [-0.2, 0) is 0 Å². The lowest BCUT2D eigenvalue weighted by atomic mass is 10.2. The van der Waals surface area contributed by atoms with Gasteiger partial charge in [0.2, 0.25) is 0 Å². The summed E-state index contributed by atoms with van der Waals surface area (Å²) in [6.45, 7) is 8.05. The van der Waals surface area contributed by atoms with Crippen LogP contribution in [0, 0.1) is 11.8 Å². The molecule has 14 heavy (non-hydrogen) atoms.